The topological polar surface area (TPSA) is 8.81 Å². The molecule has 0 saturated carbocycles. The number of aromatic nitrogens is 2. The Kier molecular flexibility index (Phi) is 2.74. The molecular weight excluding hydrogens is 292 g/mol. The molecule has 0 fully saturated rings. The van der Waals surface area contributed by atoms with E-state index < -0.39 is 6.85 Å². The molecule has 0 aliphatic rings. The smallest absolute Gasteiger partial charge is 0.225 e. The van der Waals surface area contributed by atoms with Gasteiger partial charge in [0.05, 0.1) is 12.6 Å². The first-order chi connectivity index (χ1) is 12.9. The molecule has 1 heterocycles. The molecule has 0 radical (unpaired) electrons. The van der Waals surface area contributed by atoms with Crippen molar-refractivity contribution in [3.63, 3.8) is 0 Å². The van der Waals surface area contributed by atoms with E-state index in [1.54, 1.807) is 12.1 Å². The first-order valence-corrected chi connectivity index (χ1v) is 8.04. The fourth-order valence-corrected chi connectivity index (χ4v) is 3.37. The Morgan fingerprint density at radius 2 is 1.67 bits per heavy atom. The van der Waals surface area contributed by atoms with Crippen LogP contribution in [0, 0.1) is 13.8 Å². The highest BCUT2D eigenvalue weighted by molar-refractivity contribution is 5.79. The molecule has 0 atom stereocenters. The molecule has 24 heavy (non-hydrogen) atoms. The molecule has 1 aromatic heterocycles. The quantitative estimate of drug-likeness (QED) is 0.472. The molecule has 118 valence electrons. The second kappa shape index (κ2) is 5.64. The average molecular weight is 316 g/mol. The summed E-state index contributed by atoms with van der Waals surface area (Å²) >= 11 is 0. The molecular formula is C22H21N2+. The zero-order valence-corrected chi connectivity index (χ0v) is 13.8. The summed E-state index contributed by atoms with van der Waals surface area (Å²) < 4.78 is 27.4. The summed E-state index contributed by atoms with van der Waals surface area (Å²) in [7, 11) is 2.05. The minimum atomic E-state index is -2.10. The summed E-state index contributed by atoms with van der Waals surface area (Å²) in [6.07, 6.45) is 0. The maximum absolute atomic E-state index is 7.67. The lowest BCUT2D eigenvalue weighted by Crippen LogP contribution is -2.30. The van der Waals surface area contributed by atoms with Crippen molar-refractivity contribution in [2.45, 2.75) is 13.8 Å². The highest BCUT2D eigenvalue weighted by Crippen LogP contribution is 2.29. The first kappa shape index (κ1) is 11.6. The number of aryl methyl sites for hydroxylation is 3. The predicted molar refractivity (Wildman–Crippen MR) is 99.4 cm³/mol. The van der Waals surface area contributed by atoms with E-state index in [4.69, 9.17) is 4.11 Å². The van der Waals surface area contributed by atoms with Crippen molar-refractivity contribution in [1.29, 1.82) is 0 Å². The van der Waals surface area contributed by atoms with E-state index in [1.807, 2.05) is 50.4 Å². The number of fused-ring (bicyclic) bond motifs is 1. The number of rotatable bonds is 2. The van der Waals surface area contributed by atoms with E-state index in [0.717, 1.165) is 33.7 Å². The van der Waals surface area contributed by atoms with E-state index in [2.05, 4.69) is 33.4 Å². The molecule has 0 N–H and O–H groups in total. The monoisotopic (exact) mass is 316 g/mol. The van der Waals surface area contributed by atoms with Gasteiger partial charge in [-0.2, -0.15) is 4.57 Å². The van der Waals surface area contributed by atoms with Crippen LogP contribution in [0.2, 0.25) is 0 Å². The van der Waals surface area contributed by atoms with E-state index in [0.29, 0.717) is 5.56 Å². The molecule has 2 nitrogen and oxygen atoms in total. The van der Waals surface area contributed by atoms with Crippen LogP contribution in [0.4, 0.5) is 0 Å². The molecule has 3 aromatic carbocycles. The maximum Gasteiger partial charge on any atom is 0.295 e. The largest absolute Gasteiger partial charge is 0.295 e. The van der Waals surface area contributed by atoms with E-state index >= 15 is 0 Å². The first-order valence-electron chi connectivity index (χ1n) is 9.54. The molecule has 0 unspecified atom stereocenters. The Balaban J connectivity index is 2.04. The van der Waals surface area contributed by atoms with Crippen LogP contribution in [-0.4, -0.2) is 4.57 Å². The van der Waals surface area contributed by atoms with E-state index in [1.165, 1.54) is 0 Å². The molecule has 0 amide bonds. The van der Waals surface area contributed by atoms with Crippen LogP contribution in [0.1, 0.15) is 15.2 Å². The number of para-hydroxylation sites is 3. The second-order valence-corrected chi connectivity index (χ2v) is 6.07. The van der Waals surface area contributed by atoms with Crippen LogP contribution in [0.15, 0.2) is 72.8 Å². The van der Waals surface area contributed by atoms with E-state index in [9.17, 15) is 0 Å². The van der Waals surface area contributed by atoms with Gasteiger partial charge < -0.3 is 0 Å². The van der Waals surface area contributed by atoms with Crippen LogP contribution in [0.5, 0.6) is 0 Å². The summed E-state index contributed by atoms with van der Waals surface area (Å²) in [6.45, 7) is -0.130. The molecule has 4 rings (SSSR count). The third-order valence-corrected chi connectivity index (χ3v) is 4.50. The van der Waals surface area contributed by atoms with Gasteiger partial charge >= 0.3 is 0 Å². The molecule has 4 aromatic rings. The molecule has 0 bridgehead atoms. The average Bonchev–Trinajstić information content (AvgIpc) is 2.94. The zero-order chi connectivity index (χ0) is 19.2. The molecule has 0 aliphatic heterocycles. The van der Waals surface area contributed by atoms with Crippen molar-refractivity contribution in [2.24, 2.45) is 7.05 Å². The molecule has 0 spiro atoms. The van der Waals surface area contributed by atoms with E-state index in [-0.39, 0.29) is 0 Å². The van der Waals surface area contributed by atoms with Crippen LogP contribution >= 0.6 is 0 Å². The third-order valence-electron chi connectivity index (χ3n) is 4.50. The van der Waals surface area contributed by atoms with Gasteiger partial charge in [-0.05, 0) is 49.7 Å². The number of hydrogen-bond donors (Lipinski definition) is 0. The van der Waals surface area contributed by atoms with Crippen LogP contribution in [-0.2, 0) is 7.05 Å². The number of nitrogens with zero attached hydrogens (tertiary/aromatic N) is 2. The van der Waals surface area contributed by atoms with Crippen molar-refractivity contribution in [2.75, 3.05) is 0 Å². The van der Waals surface area contributed by atoms with Gasteiger partial charge in [0.25, 0.3) is 5.82 Å². The zero-order valence-electron chi connectivity index (χ0n) is 16.8. The summed E-state index contributed by atoms with van der Waals surface area (Å²) in [5.74, 6) is 1.02. The van der Waals surface area contributed by atoms with Gasteiger partial charge in [-0.25, -0.2) is 4.57 Å². The number of imidazole rings is 1. The van der Waals surface area contributed by atoms with Gasteiger partial charge in [0.15, 0.2) is 11.0 Å². The van der Waals surface area contributed by atoms with Gasteiger partial charge in [-0.1, -0.05) is 48.0 Å². The molecule has 2 heteroatoms. The Morgan fingerprint density at radius 1 is 0.917 bits per heavy atom. The molecule has 0 saturated heterocycles. The summed E-state index contributed by atoms with van der Waals surface area (Å²) in [6, 6.07) is 23.9. The van der Waals surface area contributed by atoms with Gasteiger partial charge in [0, 0.05) is 4.11 Å². The number of benzene rings is 3. The van der Waals surface area contributed by atoms with Crippen LogP contribution in [0.3, 0.4) is 0 Å². The van der Waals surface area contributed by atoms with Crippen LogP contribution in [0.25, 0.3) is 28.1 Å². The maximum atomic E-state index is 7.67. The van der Waals surface area contributed by atoms with Crippen molar-refractivity contribution in [1.82, 2.24) is 4.57 Å². The van der Waals surface area contributed by atoms with Crippen molar-refractivity contribution >= 4 is 11.0 Å². The molecule has 0 aliphatic carbocycles. The van der Waals surface area contributed by atoms with Crippen molar-refractivity contribution in [3.05, 3.63) is 83.9 Å². The Morgan fingerprint density at radius 3 is 2.42 bits per heavy atom. The van der Waals surface area contributed by atoms with Gasteiger partial charge in [-0.3, -0.25) is 0 Å². The standard InChI is InChI=1S/C22H21N2/c1-16-13-14-19(17(2)15-16)22-23(3)20-11-7-8-12-21(20)24(22)18-9-5-4-6-10-18/h4-15H,1-3H3/q+1/i1D3. The van der Waals surface area contributed by atoms with Crippen LogP contribution < -0.4 is 4.57 Å². The predicted octanol–water partition coefficient (Wildman–Crippen LogP) is 4.74. The van der Waals surface area contributed by atoms with Gasteiger partial charge in [0.1, 0.15) is 5.69 Å². The van der Waals surface area contributed by atoms with Crippen molar-refractivity contribution < 1.29 is 8.68 Å². The van der Waals surface area contributed by atoms with Gasteiger partial charge in [-0.15, -0.1) is 0 Å². The Hall–Kier alpha value is -2.87. The highest BCUT2D eigenvalue weighted by Gasteiger charge is 2.26. The summed E-state index contributed by atoms with van der Waals surface area (Å²) in [4.78, 5) is 0. The Bertz CT molecular complexity index is 1130. The highest BCUT2D eigenvalue weighted by atomic mass is 15.2. The normalized spacial score (nSPS) is 13.5. The van der Waals surface area contributed by atoms with Crippen molar-refractivity contribution in [3.8, 4) is 17.1 Å². The third kappa shape index (κ3) is 2.23. The fraction of sp³-hybridized carbons (Fsp3) is 0.136. The lowest BCUT2D eigenvalue weighted by molar-refractivity contribution is -0.633. The fourth-order valence-electron chi connectivity index (χ4n) is 3.37. The summed E-state index contributed by atoms with van der Waals surface area (Å²) in [5.41, 5.74) is 5.64. The Labute approximate surface area is 146 Å². The lowest BCUT2D eigenvalue weighted by Gasteiger charge is -2.07. The summed E-state index contributed by atoms with van der Waals surface area (Å²) in [5, 5.41) is 0. The van der Waals surface area contributed by atoms with Gasteiger partial charge in [0.2, 0.25) is 0 Å². The minimum absolute atomic E-state index is 0.369. The second-order valence-electron chi connectivity index (χ2n) is 6.07. The lowest BCUT2D eigenvalue weighted by atomic mass is 10.0. The SMILES string of the molecule is [2H]C([2H])([2H])c1ccc(-c2n(-c3ccccc3)c3ccccc3[n+]2C)c(C)c1. The number of hydrogen-bond acceptors (Lipinski definition) is 0. The minimum Gasteiger partial charge on any atom is -0.225 e.